The van der Waals surface area contributed by atoms with Crippen molar-refractivity contribution in [2.45, 2.75) is 19.9 Å². The summed E-state index contributed by atoms with van der Waals surface area (Å²) in [6, 6.07) is 8.43. The number of methoxy groups -OCH3 is 1. The van der Waals surface area contributed by atoms with Crippen LogP contribution in [0.5, 0.6) is 0 Å². The van der Waals surface area contributed by atoms with Crippen molar-refractivity contribution in [3.63, 3.8) is 0 Å². The molecule has 1 N–H and O–H groups in total. The van der Waals surface area contributed by atoms with E-state index in [1.807, 2.05) is 12.1 Å². The molecule has 0 aliphatic carbocycles. The van der Waals surface area contributed by atoms with Gasteiger partial charge in [-0.05, 0) is 24.6 Å². The maximum absolute atomic E-state index is 12.0. The van der Waals surface area contributed by atoms with Crippen LogP contribution in [0.4, 0.5) is 0 Å². The molecule has 3 nitrogen and oxygen atoms in total. The monoisotopic (exact) mass is 269 g/mol. The van der Waals surface area contributed by atoms with Crippen LogP contribution in [0.1, 0.15) is 24.1 Å². The van der Waals surface area contributed by atoms with Gasteiger partial charge in [-0.2, -0.15) is 0 Å². The highest BCUT2D eigenvalue weighted by Crippen LogP contribution is 2.18. The molecule has 2 atom stereocenters. The van der Waals surface area contributed by atoms with E-state index in [4.69, 9.17) is 4.74 Å². The van der Waals surface area contributed by atoms with Crippen molar-refractivity contribution in [2.75, 3.05) is 31.8 Å². The molecule has 0 aromatic heterocycles. The van der Waals surface area contributed by atoms with Crippen molar-refractivity contribution in [3.05, 3.63) is 35.4 Å². The van der Waals surface area contributed by atoms with Crippen LogP contribution < -0.4 is 5.32 Å². The summed E-state index contributed by atoms with van der Waals surface area (Å²) in [7, 11) is 0.791. The fraction of sp³-hybridized carbons (Fsp3) is 0.571. The van der Waals surface area contributed by atoms with Gasteiger partial charge in [0.1, 0.15) is 0 Å². The number of hydrogen-bond acceptors (Lipinski definition) is 3. The zero-order valence-corrected chi connectivity index (χ0v) is 12.3. The Kier molecular flexibility index (Phi) is 7.16. The van der Waals surface area contributed by atoms with Crippen LogP contribution in [0.2, 0.25) is 0 Å². The van der Waals surface area contributed by atoms with Crippen molar-refractivity contribution in [3.8, 4) is 0 Å². The Morgan fingerprint density at radius 2 is 2.11 bits per heavy atom. The molecule has 18 heavy (non-hydrogen) atoms. The zero-order valence-electron chi connectivity index (χ0n) is 11.4. The van der Waals surface area contributed by atoms with Gasteiger partial charge in [-0.3, -0.25) is 4.21 Å². The molecular weight excluding hydrogens is 246 g/mol. The first-order valence-corrected chi connectivity index (χ1v) is 7.80. The van der Waals surface area contributed by atoms with E-state index in [0.717, 1.165) is 6.54 Å². The first kappa shape index (κ1) is 15.3. The van der Waals surface area contributed by atoms with Gasteiger partial charge in [-0.1, -0.05) is 31.2 Å². The van der Waals surface area contributed by atoms with E-state index in [-0.39, 0.29) is 6.04 Å². The average molecular weight is 269 g/mol. The molecule has 0 saturated carbocycles. The van der Waals surface area contributed by atoms with Crippen molar-refractivity contribution in [1.29, 1.82) is 0 Å². The standard InChI is InChI=1S/C14H23NO2S/c1-4-15-14(11-18(16)10-9-17-3)13-8-6-5-7-12(13)2/h5-8,14-15H,4,9-11H2,1-3H3. The minimum absolute atomic E-state index is 0.161. The van der Waals surface area contributed by atoms with Gasteiger partial charge in [0.2, 0.25) is 0 Å². The average Bonchev–Trinajstić information content (AvgIpc) is 2.36. The number of rotatable bonds is 8. The molecule has 1 aromatic rings. The van der Waals surface area contributed by atoms with Gasteiger partial charge in [-0.25, -0.2) is 0 Å². The normalized spacial score (nSPS) is 14.4. The molecule has 0 aliphatic heterocycles. The summed E-state index contributed by atoms with van der Waals surface area (Å²) < 4.78 is 16.9. The number of aryl methyl sites for hydroxylation is 1. The van der Waals surface area contributed by atoms with Crippen molar-refractivity contribution >= 4 is 10.8 Å². The van der Waals surface area contributed by atoms with E-state index in [1.54, 1.807) is 7.11 Å². The Hall–Kier alpha value is -0.710. The van der Waals surface area contributed by atoms with Gasteiger partial charge in [0.15, 0.2) is 0 Å². The molecule has 0 fully saturated rings. The van der Waals surface area contributed by atoms with Gasteiger partial charge in [0.25, 0.3) is 0 Å². The summed E-state index contributed by atoms with van der Waals surface area (Å²) in [5.74, 6) is 1.24. The highest BCUT2D eigenvalue weighted by atomic mass is 32.2. The molecule has 1 aromatic carbocycles. The first-order chi connectivity index (χ1) is 8.69. The van der Waals surface area contributed by atoms with Crippen molar-refractivity contribution in [1.82, 2.24) is 5.32 Å². The van der Waals surface area contributed by atoms with Crippen molar-refractivity contribution < 1.29 is 8.95 Å². The van der Waals surface area contributed by atoms with E-state index in [0.29, 0.717) is 18.1 Å². The minimum atomic E-state index is -0.848. The quantitative estimate of drug-likeness (QED) is 0.785. The Morgan fingerprint density at radius 3 is 2.72 bits per heavy atom. The van der Waals surface area contributed by atoms with Gasteiger partial charge < -0.3 is 10.1 Å². The lowest BCUT2D eigenvalue weighted by Gasteiger charge is -2.20. The smallest absolute Gasteiger partial charge is 0.0577 e. The largest absolute Gasteiger partial charge is 0.384 e. The summed E-state index contributed by atoms with van der Waals surface area (Å²) in [5.41, 5.74) is 2.48. The van der Waals surface area contributed by atoms with Gasteiger partial charge in [0, 0.05) is 35.5 Å². The number of hydrogen-bond donors (Lipinski definition) is 1. The third-order valence-corrected chi connectivity index (χ3v) is 4.21. The van der Waals surface area contributed by atoms with Crippen LogP contribution in [-0.4, -0.2) is 36.0 Å². The highest BCUT2D eigenvalue weighted by molar-refractivity contribution is 7.85. The van der Waals surface area contributed by atoms with Crippen molar-refractivity contribution in [2.24, 2.45) is 0 Å². The maximum Gasteiger partial charge on any atom is 0.0577 e. The SMILES string of the molecule is CCNC(CS(=O)CCOC)c1ccccc1C. The van der Waals surface area contributed by atoms with Crippen LogP contribution in [0.25, 0.3) is 0 Å². The van der Waals surface area contributed by atoms with E-state index in [2.05, 4.69) is 31.3 Å². The van der Waals surface area contributed by atoms with E-state index >= 15 is 0 Å². The fourth-order valence-electron chi connectivity index (χ4n) is 1.93. The Labute approximate surface area is 112 Å². The van der Waals surface area contributed by atoms with E-state index < -0.39 is 10.8 Å². The fourth-order valence-corrected chi connectivity index (χ4v) is 3.12. The van der Waals surface area contributed by atoms with Crippen LogP contribution in [0.15, 0.2) is 24.3 Å². The summed E-state index contributed by atoms with van der Waals surface area (Å²) in [6.07, 6.45) is 0. The third-order valence-electron chi connectivity index (χ3n) is 2.88. The Balaban J connectivity index is 2.71. The second-order valence-electron chi connectivity index (χ2n) is 4.27. The van der Waals surface area contributed by atoms with Crippen LogP contribution in [0.3, 0.4) is 0 Å². The lowest BCUT2D eigenvalue weighted by molar-refractivity contribution is 0.218. The molecule has 1 rings (SSSR count). The van der Waals surface area contributed by atoms with Crippen LogP contribution in [0, 0.1) is 6.92 Å². The Morgan fingerprint density at radius 1 is 1.39 bits per heavy atom. The van der Waals surface area contributed by atoms with Gasteiger partial charge in [-0.15, -0.1) is 0 Å². The number of benzene rings is 1. The third kappa shape index (κ3) is 4.88. The van der Waals surface area contributed by atoms with Crippen LogP contribution in [-0.2, 0) is 15.5 Å². The molecule has 0 saturated heterocycles. The molecule has 0 spiro atoms. The maximum atomic E-state index is 12.0. The molecule has 0 bridgehead atoms. The molecule has 2 unspecified atom stereocenters. The Bertz CT molecular complexity index is 382. The molecule has 0 radical (unpaired) electrons. The predicted octanol–water partition coefficient (Wildman–Crippen LogP) is 2.04. The lowest BCUT2D eigenvalue weighted by atomic mass is 10.0. The number of nitrogens with one attached hydrogen (secondary N) is 1. The molecule has 0 heterocycles. The zero-order chi connectivity index (χ0) is 13.4. The van der Waals surface area contributed by atoms with E-state index in [9.17, 15) is 4.21 Å². The summed E-state index contributed by atoms with van der Waals surface area (Å²) >= 11 is 0. The second kappa shape index (κ2) is 8.40. The summed E-state index contributed by atoms with van der Waals surface area (Å²) in [5, 5.41) is 3.41. The minimum Gasteiger partial charge on any atom is -0.384 e. The van der Waals surface area contributed by atoms with E-state index in [1.165, 1.54) is 11.1 Å². The molecule has 0 amide bonds. The topological polar surface area (TPSA) is 38.3 Å². The molecular formula is C14H23NO2S. The van der Waals surface area contributed by atoms with Gasteiger partial charge in [0.05, 0.1) is 6.61 Å². The summed E-state index contributed by atoms with van der Waals surface area (Å²) in [4.78, 5) is 0. The lowest BCUT2D eigenvalue weighted by Crippen LogP contribution is -2.28. The number of ether oxygens (including phenoxy) is 1. The predicted molar refractivity (Wildman–Crippen MR) is 77.3 cm³/mol. The van der Waals surface area contributed by atoms with Crippen LogP contribution >= 0.6 is 0 Å². The first-order valence-electron chi connectivity index (χ1n) is 6.31. The van der Waals surface area contributed by atoms with Gasteiger partial charge >= 0.3 is 0 Å². The molecule has 4 heteroatoms. The summed E-state index contributed by atoms with van der Waals surface area (Å²) in [6.45, 7) is 5.60. The molecule has 0 aliphatic rings. The highest BCUT2D eigenvalue weighted by Gasteiger charge is 2.15. The molecule has 102 valence electrons. The second-order valence-corrected chi connectivity index (χ2v) is 5.89.